The zero-order valence-electron chi connectivity index (χ0n) is 14.4. The molecule has 2 aliphatic heterocycles. The van der Waals surface area contributed by atoms with Gasteiger partial charge in [0, 0.05) is 28.7 Å². The number of amides is 2. The molecule has 2 aromatic rings. The Morgan fingerprint density at radius 1 is 1.19 bits per heavy atom. The van der Waals surface area contributed by atoms with Crippen LogP contribution in [0.3, 0.4) is 0 Å². The predicted molar refractivity (Wildman–Crippen MR) is 100 cm³/mol. The molecule has 2 aliphatic rings. The van der Waals surface area contributed by atoms with Gasteiger partial charge < -0.3 is 16.0 Å². The van der Waals surface area contributed by atoms with E-state index in [0.717, 1.165) is 23.3 Å². The lowest BCUT2D eigenvalue weighted by Crippen LogP contribution is -2.42. The van der Waals surface area contributed by atoms with E-state index in [1.807, 2.05) is 12.1 Å². The molecule has 3 heterocycles. The van der Waals surface area contributed by atoms with Gasteiger partial charge >= 0.3 is 6.43 Å². The first kappa shape index (κ1) is 18.1. The fourth-order valence-corrected chi connectivity index (χ4v) is 4.69. The molecule has 5 nitrogen and oxygen atoms in total. The lowest BCUT2D eigenvalue weighted by atomic mass is 9.95. The number of anilines is 1. The summed E-state index contributed by atoms with van der Waals surface area (Å²) in [5.41, 5.74) is 1.05. The number of hydrogen-bond acceptors (Lipinski definition) is 4. The van der Waals surface area contributed by atoms with E-state index in [0.29, 0.717) is 22.6 Å². The first-order valence-corrected chi connectivity index (χ1v) is 9.67. The lowest BCUT2D eigenvalue weighted by Gasteiger charge is -2.20. The van der Waals surface area contributed by atoms with Crippen LogP contribution in [0, 0.1) is 0 Å². The molecule has 2 saturated heterocycles. The quantitative estimate of drug-likeness (QED) is 0.733. The summed E-state index contributed by atoms with van der Waals surface area (Å²) in [5, 5.41) is 8.78. The number of thiophene rings is 1. The summed E-state index contributed by atoms with van der Waals surface area (Å²) in [6.45, 7) is 0. The van der Waals surface area contributed by atoms with E-state index in [4.69, 9.17) is 0 Å². The zero-order chi connectivity index (χ0) is 19.0. The maximum Gasteiger partial charge on any atom is 0.315 e. The molecule has 2 amide bonds. The largest absolute Gasteiger partial charge is 0.347 e. The monoisotopic (exact) mass is 391 g/mol. The number of halogens is 2. The molecule has 3 atom stereocenters. The third-order valence-electron chi connectivity index (χ3n) is 5.06. The molecule has 142 valence electrons. The first-order chi connectivity index (χ1) is 13.0. The molecular formula is C19H19F2N3O2S. The van der Waals surface area contributed by atoms with Gasteiger partial charge in [-0.2, -0.15) is 8.78 Å². The summed E-state index contributed by atoms with van der Waals surface area (Å²) in [7, 11) is 0. The Bertz CT molecular complexity index is 870. The number of fused-ring (bicyclic) bond motifs is 2. The Morgan fingerprint density at radius 2 is 2.04 bits per heavy atom. The average molecular weight is 391 g/mol. The Kier molecular flexibility index (Phi) is 4.92. The van der Waals surface area contributed by atoms with Gasteiger partial charge in [-0.15, -0.1) is 11.3 Å². The molecule has 2 bridgehead atoms. The normalized spacial score (nSPS) is 23.6. The van der Waals surface area contributed by atoms with Crippen molar-refractivity contribution in [3.8, 4) is 10.4 Å². The minimum absolute atomic E-state index is 0.0900. The van der Waals surface area contributed by atoms with Crippen LogP contribution in [0.15, 0.2) is 36.4 Å². The Morgan fingerprint density at radius 3 is 2.74 bits per heavy atom. The van der Waals surface area contributed by atoms with Gasteiger partial charge in [0.2, 0.25) is 0 Å². The number of carbonyl (C=O) groups excluding carboxylic acids is 2. The van der Waals surface area contributed by atoms with Gasteiger partial charge in [-0.05, 0) is 49.1 Å². The molecule has 1 aromatic carbocycles. The summed E-state index contributed by atoms with van der Waals surface area (Å²) in [6.07, 6.45) is 0.188. The average Bonchev–Trinajstić information content (AvgIpc) is 3.38. The summed E-state index contributed by atoms with van der Waals surface area (Å²) in [6, 6.07) is 11.3. The molecule has 27 heavy (non-hydrogen) atoms. The highest BCUT2D eigenvalue weighted by Gasteiger charge is 2.39. The van der Waals surface area contributed by atoms with Crippen LogP contribution < -0.4 is 16.0 Å². The minimum atomic E-state index is -3.06. The van der Waals surface area contributed by atoms with Crippen LogP contribution in [0.1, 0.15) is 28.9 Å². The second-order valence-corrected chi connectivity index (χ2v) is 7.98. The van der Waals surface area contributed by atoms with Gasteiger partial charge in [-0.1, -0.05) is 12.1 Å². The van der Waals surface area contributed by atoms with Crippen LogP contribution in [-0.4, -0.2) is 36.4 Å². The predicted octanol–water partition coefficient (Wildman–Crippen LogP) is 3.24. The number of alkyl halides is 2. The Balaban J connectivity index is 1.44. The molecule has 1 aromatic heterocycles. The first-order valence-electron chi connectivity index (χ1n) is 8.86. The fraction of sp³-hybridized carbons (Fsp3) is 0.368. The molecule has 0 spiro atoms. The van der Waals surface area contributed by atoms with Gasteiger partial charge in [0.15, 0.2) is 0 Å². The molecule has 0 aliphatic carbocycles. The highest BCUT2D eigenvalue weighted by molar-refractivity contribution is 7.17. The van der Waals surface area contributed by atoms with Gasteiger partial charge in [0.25, 0.3) is 11.8 Å². The topological polar surface area (TPSA) is 70.2 Å². The third-order valence-corrected chi connectivity index (χ3v) is 6.19. The van der Waals surface area contributed by atoms with E-state index in [2.05, 4.69) is 16.0 Å². The van der Waals surface area contributed by atoms with Crippen molar-refractivity contribution < 1.29 is 18.4 Å². The molecule has 0 saturated carbocycles. The fourth-order valence-electron chi connectivity index (χ4n) is 3.79. The number of nitrogens with one attached hydrogen (secondary N) is 3. The van der Waals surface area contributed by atoms with Crippen LogP contribution >= 0.6 is 11.3 Å². The second-order valence-electron chi connectivity index (χ2n) is 6.90. The highest BCUT2D eigenvalue weighted by atomic mass is 32.1. The van der Waals surface area contributed by atoms with Crippen molar-refractivity contribution in [3.05, 3.63) is 41.3 Å². The second kappa shape index (κ2) is 7.36. The number of benzene rings is 1. The van der Waals surface area contributed by atoms with Crippen LogP contribution in [0.5, 0.6) is 0 Å². The van der Waals surface area contributed by atoms with Crippen molar-refractivity contribution >= 4 is 28.8 Å². The van der Waals surface area contributed by atoms with Crippen molar-refractivity contribution in [1.82, 2.24) is 10.6 Å². The zero-order valence-corrected chi connectivity index (χ0v) is 15.2. The standard InChI is InChI=1S/C19H19F2N3O2S/c20-17(21)19(26)23-11-3-1-2-10(8-11)15-6-7-16(27-15)18(25)24-14-9-12-4-5-13(14)22-12/h1-3,6-8,12-14,17,22H,4-5,9H2,(H,23,26)(H,24,25)/t12-,13-,14+/m0/s1. The van der Waals surface area contributed by atoms with E-state index in [9.17, 15) is 18.4 Å². The minimum Gasteiger partial charge on any atom is -0.347 e. The van der Waals surface area contributed by atoms with Crippen LogP contribution in [0.2, 0.25) is 0 Å². The molecule has 0 unspecified atom stereocenters. The van der Waals surface area contributed by atoms with E-state index in [-0.39, 0.29) is 11.9 Å². The summed E-state index contributed by atoms with van der Waals surface area (Å²) >= 11 is 1.34. The summed E-state index contributed by atoms with van der Waals surface area (Å²) < 4.78 is 24.8. The highest BCUT2D eigenvalue weighted by Crippen LogP contribution is 2.31. The SMILES string of the molecule is O=C(N[C@@H]1C[C@@H]2CC[C@@H]1N2)c1ccc(-c2cccc(NC(=O)C(F)F)c2)s1. The number of hydrogen-bond donors (Lipinski definition) is 3. The summed E-state index contributed by atoms with van der Waals surface area (Å²) in [5.74, 6) is -1.43. The van der Waals surface area contributed by atoms with Gasteiger partial charge in [0.05, 0.1) is 4.88 Å². The van der Waals surface area contributed by atoms with E-state index in [1.165, 1.54) is 17.8 Å². The van der Waals surface area contributed by atoms with Crippen LogP contribution in [0.4, 0.5) is 14.5 Å². The maximum atomic E-state index is 12.5. The molecule has 2 fully saturated rings. The van der Waals surface area contributed by atoms with Crippen LogP contribution in [-0.2, 0) is 4.79 Å². The number of rotatable bonds is 5. The van der Waals surface area contributed by atoms with Gasteiger partial charge in [-0.25, -0.2) is 0 Å². The third kappa shape index (κ3) is 3.86. The molecule has 8 heteroatoms. The molecule has 4 rings (SSSR count). The van der Waals surface area contributed by atoms with Crippen molar-refractivity contribution in [1.29, 1.82) is 0 Å². The summed E-state index contributed by atoms with van der Waals surface area (Å²) in [4.78, 5) is 25.1. The van der Waals surface area contributed by atoms with Gasteiger partial charge in [0.1, 0.15) is 0 Å². The van der Waals surface area contributed by atoms with Crippen molar-refractivity contribution in [2.24, 2.45) is 0 Å². The molecular weight excluding hydrogens is 372 g/mol. The van der Waals surface area contributed by atoms with Crippen molar-refractivity contribution in [2.45, 2.75) is 43.8 Å². The van der Waals surface area contributed by atoms with E-state index in [1.54, 1.807) is 24.3 Å². The lowest BCUT2D eigenvalue weighted by molar-refractivity contribution is -0.126. The molecule has 0 radical (unpaired) electrons. The Labute approximate surface area is 159 Å². The van der Waals surface area contributed by atoms with E-state index >= 15 is 0 Å². The smallest absolute Gasteiger partial charge is 0.315 e. The number of carbonyl (C=O) groups is 2. The van der Waals surface area contributed by atoms with Crippen LogP contribution in [0.25, 0.3) is 10.4 Å². The Hall–Kier alpha value is -2.32. The van der Waals surface area contributed by atoms with Gasteiger partial charge in [-0.3, -0.25) is 9.59 Å². The van der Waals surface area contributed by atoms with E-state index < -0.39 is 12.3 Å². The molecule has 3 N–H and O–H groups in total. The van der Waals surface area contributed by atoms with Crippen molar-refractivity contribution in [2.75, 3.05) is 5.32 Å². The maximum absolute atomic E-state index is 12.5. The van der Waals surface area contributed by atoms with Crippen molar-refractivity contribution in [3.63, 3.8) is 0 Å².